The molecule has 0 atom stereocenters. The summed E-state index contributed by atoms with van der Waals surface area (Å²) in [4.78, 5) is 1.02. The van der Waals surface area contributed by atoms with Crippen LogP contribution in [-0.2, 0) is 6.42 Å². The maximum absolute atomic E-state index is 8.58. The summed E-state index contributed by atoms with van der Waals surface area (Å²) in [6.45, 7) is 3.84. The third-order valence-corrected chi connectivity index (χ3v) is 4.81. The molecule has 0 aliphatic carbocycles. The zero-order valence-electron chi connectivity index (χ0n) is 6.83. The van der Waals surface area contributed by atoms with Gasteiger partial charge in [0.15, 0.2) is 0 Å². The zero-order valence-corrected chi connectivity index (χ0v) is 9.28. The second-order valence-corrected chi connectivity index (χ2v) is 5.12. The predicted octanol–water partition coefficient (Wildman–Crippen LogP) is 3.30. The Balaban J connectivity index is 3.25. The normalized spacial score (nSPS) is 12.0. The standard InChI is InChI=1S/C7H9NOS3/c1-3-5-6(4(2)8-9)11-12-7(5)10/h9H,3H2,1-2H3/b8-4-. The molecule has 12 heavy (non-hydrogen) atoms. The van der Waals surface area contributed by atoms with Crippen LogP contribution in [0.4, 0.5) is 0 Å². The summed E-state index contributed by atoms with van der Waals surface area (Å²) in [6.07, 6.45) is 0.904. The molecule has 0 aromatic carbocycles. The van der Waals surface area contributed by atoms with E-state index >= 15 is 0 Å². The van der Waals surface area contributed by atoms with Crippen LogP contribution in [-0.4, -0.2) is 10.9 Å². The van der Waals surface area contributed by atoms with Crippen molar-refractivity contribution in [2.24, 2.45) is 5.16 Å². The Morgan fingerprint density at radius 1 is 1.58 bits per heavy atom. The molecule has 0 amide bonds. The van der Waals surface area contributed by atoms with Gasteiger partial charge in [-0.15, -0.1) is 0 Å². The quantitative estimate of drug-likeness (QED) is 0.272. The van der Waals surface area contributed by atoms with Crippen molar-refractivity contribution >= 4 is 38.6 Å². The number of hydrogen-bond acceptors (Lipinski definition) is 5. The van der Waals surface area contributed by atoms with Gasteiger partial charge in [0.2, 0.25) is 0 Å². The molecule has 2 nitrogen and oxygen atoms in total. The second kappa shape index (κ2) is 4.11. The van der Waals surface area contributed by atoms with E-state index in [1.807, 2.05) is 0 Å². The van der Waals surface area contributed by atoms with Crippen molar-refractivity contribution in [1.82, 2.24) is 0 Å². The van der Waals surface area contributed by atoms with Gasteiger partial charge >= 0.3 is 0 Å². The first kappa shape index (κ1) is 9.83. The Morgan fingerprint density at radius 2 is 2.25 bits per heavy atom. The number of oxime groups is 1. The van der Waals surface area contributed by atoms with Crippen molar-refractivity contribution in [1.29, 1.82) is 0 Å². The van der Waals surface area contributed by atoms with Gasteiger partial charge in [0.05, 0.1) is 10.6 Å². The minimum Gasteiger partial charge on any atom is -0.411 e. The highest BCUT2D eigenvalue weighted by Gasteiger charge is 2.09. The molecular weight excluding hydrogens is 210 g/mol. The van der Waals surface area contributed by atoms with Crippen LogP contribution in [0, 0.1) is 3.82 Å². The number of rotatable bonds is 2. The van der Waals surface area contributed by atoms with Crippen LogP contribution in [0.5, 0.6) is 0 Å². The van der Waals surface area contributed by atoms with E-state index in [0.717, 1.165) is 20.7 Å². The third-order valence-electron chi connectivity index (χ3n) is 1.55. The molecule has 0 radical (unpaired) electrons. The van der Waals surface area contributed by atoms with Crippen LogP contribution in [0.2, 0.25) is 0 Å². The largest absolute Gasteiger partial charge is 0.411 e. The third kappa shape index (κ3) is 1.73. The number of nitrogens with zero attached hydrogens (tertiary/aromatic N) is 1. The van der Waals surface area contributed by atoms with E-state index in [1.165, 1.54) is 0 Å². The highest BCUT2D eigenvalue weighted by atomic mass is 32.9. The lowest BCUT2D eigenvalue weighted by Gasteiger charge is -1.95. The Hall–Kier alpha value is -0.260. The van der Waals surface area contributed by atoms with E-state index in [9.17, 15) is 0 Å². The van der Waals surface area contributed by atoms with Crippen molar-refractivity contribution in [3.8, 4) is 0 Å². The van der Waals surface area contributed by atoms with Gasteiger partial charge in [0.1, 0.15) is 3.82 Å². The van der Waals surface area contributed by atoms with Gasteiger partial charge in [-0.05, 0) is 13.3 Å². The summed E-state index contributed by atoms with van der Waals surface area (Å²) in [6, 6.07) is 0. The fourth-order valence-electron chi connectivity index (χ4n) is 0.902. The first-order chi connectivity index (χ1) is 5.70. The molecule has 0 spiro atoms. The van der Waals surface area contributed by atoms with Crippen LogP contribution >= 0.6 is 32.9 Å². The van der Waals surface area contributed by atoms with E-state index in [1.54, 1.807) is 27.6 Å². The van der Waals surface area contributed by atoms with Crippen molar-refractivity contribution in [2.45, 2.75) is 20.3 Å². The molecule has 1 heterocycles. The monoisotopic (exact) mass is 219 g/mol. The molecule has 0 unspecified atom stereocenters. The molecule has 0 saturated heterocycles. The van der Waals surface area contributed by atoms with Gasteiger partial charge in [0, 0.05) is 5.56 Å². The van der Waals surface area contributed by atoms with Crippen molar-refractivity contribution in [2.75, 3.05) is 0 Å². The highest BCUT2D eigenvalue weighted by Crippen LogP contribution is 2.25. The zero-order chi connectivity index (χ0) is 9.14. The summed E-state index contributed by atoms with van der Waals surface area (Å²) < 4.78 is 0.917. The lowest BCUT2D eigenvalue weighted by molar-refractivity contribution is 0.319. The van der Waals surface area contributed by atoms with Gasteiger partial charge in [-0.2, -0.15) is 0 Å². The first-order valence-corrected chi connectivity index (χ1v) is 6.07. The Kier molecular flexibility index (Phi) is 3.37. The lowest BCUT2D eigenvalue weighted by atomic mass is 10.2. The average molecular weight is 219 g/mol. The van der Waals surface area contributed by atoms with E-state index in [4.69, 9.17) is 17.4 Å². The molecule has 66 valence electrons. The van der Waals surface area contributed by atoms with Crippen molar-refractivity contribution in [3.05, 3.63) is 14.3 Å². The Bertz CT molecular complexity index is 350. The predicted molar refractivity (Wildman–Crippen MR) is 56.4 cm³/mol. The Morgan fingerprint density at radius 3 is 2.75 bits per heavy atom. The SMILES string of the molecule is CCc1c(/C(C)=N\O)ssc1=S. The molecule has 0 aliphatic heterocycles. The molecular formula is C7H9NOS3. The van der Waals surface area contributed by atoms with E-state index < -0.39 is 0 Å². The highest BCUT2D eigenvalue weighted by molar-refractivity contribution is 7.79. The molecule has 0 fully saturated rings. The van der Waals surface area contributed by atoms with Gasteiger partial charge in [-0.3, -0.25) is 0 Å². The molecule has 5 heteroatoms. The molecule has 0 aliphatic rings. The summed E-state index contributed by atoms with van der Waals surface area (Å²) in [7, 11) is 3.14. The van der Waals surface area contributed by atoms with Crippen LogP contribution in [0.1, 0.15) is 24.3 Å². The summed E-state index contributed by atoms with van der Waals surface area (Å²) >= 11 is 5.13. The first-order valence-electron chi connectivity index (χ1n) is 3.51. The van der Waals surface area contributed by atoms with Crippen LogP contribution in [0.3, 0.4) is 0 Å². The van der Waals surface area contributed by atoms with E-state index in [-0.39, 0.29) is 0 Å². The van der Waals surface area contributed by atoms with Crippen LogP contribution < -0.4 is 0 Å². The maximum Gasteiger partial charge on any atom is 0.105 e. The van der Waals surface area contributed by atoms with Crippen molar-refractivity contribution in [3.63, 3.8) is 0 Å². The van der Waals surface area contributed by atoms with Gasteiger partial charge in [0.25, 0.3) is 0 Å². The molecule has 1 aromatic heterocycles. The van der Waals surface area contributed by atoms with E-state index in [2.05, 4.69) is 12.1 Å². The lowest BCUT2D eigenvalue weighted by Crippen LogP contribution is -1.94. The smallest absolute Gasteiger partial charge is 0.105 e. The average Bonchev–Trinajstić information content (AvgIpc) is 2.45. The van der Waals surface area contributed by atoms with E-state index in [0.29, 0.717) is 5.71 Å². The van der Waals surface area contributed by atoms with Gasteiger partial charge in [-0.1, -0.05) is 45.0 Å². The fourth-order valence-corrected chi connectivity index (χ4v) is 4.04. The topological polar surface area (TPSA) is 32.6 Å². The van der Waals surface area contributed by atoms with Gasteiger partial charge < -0.3 is 5.21 Å². The van der Waals surface area contributed by atoms with Crippen LogP contribution in [0.25, 0.3) is 0 Å². The maximum atomic E-state index is 8.58. The number of hydrogen-bond donors (Lipinski definition) is 1. The molecule has 1 rings (SSSR count). The summed E-state index contributed by atoms with van der Waals surface area (Å²) in [5.74, 6) is 0. The minimum atomic E-state index is 0.657. The summed E-state index contributed by atoms with van der Waals surface area (Å²) in [5, 5.41) is 11.8. The molecule has 0 saturated carbocycles. The fraction of sp³-hybridized carbons (Fsp3) is 0.429. The Labute approximate surface area is 83.6 Å². The molecule has 1 aromatic rings. The summed E-state index contributed by atoms with van der Waals surface area (Å²) in [5.41, 5.74) is 1.79. The minimum absolute atomic E-state index is 0.657. The van der Waals surface area contributed by atoms with Crippen molar-refractivity contribution < 1.29 is 5.21 Å². The molecule has 0 bridgehead atoms. The second-order valence-electron chi connectivity index (χ2n) is 2.30. The van der Waals surface area contributed by atoms with Gasteiger partial charge in [-0.25, -0.2) is 0 Å². The molecule has 1 N–H and O–H groups in total. The van der Waals surface area contributed by atoms with Crippen LogP contribution in [0.15, 0.2) is 5.16 Å².